The number of nitro groups is 1. The highest BCUT2D eigenvalue weighted by Gasteiger charge is 2.28. The largest absolute Gasteiger partial charge is 0.316 e. The monoisotopic (exact) mass is 327 g/mol. The van der Waals surface area contributed by atoms with Gasteiger partial charge in [-0.3, -0.25) is 10.1 Å². The van der Waals surface area contributed by atoms with Crippen LogP contribution in [0, 0.1) is 29.9 Å². The van der Waals surface area contributed by atoms with Crippen LogP contribution in [0.5, 0.6) is 0 Å². The van der Waals surface area contributed by atoms with Crippen molar-refractivity contribution in [2.45, 2.75) is 31.6 Å². The topological polar surface area (TPSA) is 101 Å². The molecule has 0 radical (unpaired) electrons. The third-order valence-electron chi connectivity index (χ3n) is 4.13. The molecule has 2 rings (SSSR count). The van der Waals surface area contributed by atoms with E-state index in [0.29, 0.717) is 23.6 Å². The summed E-state index contributed by atoms with van der Waals surface area (Å²) in [6, 6.07) is 2.81. The second-order valence-corrected chi connectivity index (χ2v) is 7.36. The summed E-state index contributed by atoms with van der Waals surface area (Å²) in [6.07, 6.45) is 1.76. The van der Waals surface area contributed by atoms with Crippen LogP contribution in [0.2, 0.25) is 0 Å². The molecule has 1 aliphatic heterocycles. The molecule has 7 nitrogen and oxygen atoms in total. The van der Waals surface area contributed by atoms with Gasteiger partial charge in [0.2, 0.25) is 10.0 Å². The van der Waals surface area contributed by atoms with Gasteiger partial charge in [-0.1, -0.05) is 6.07 Å². The first-order valence-electron chi connectivity index (χ1n) is 7.28. The van der Waals surface area contributed by atoms with Crippen LogP contribution in [-0.4, -0.2) is 33.0 Å². The Labute approximate surface area is 130 Å². The lowest BCUT2D eigenvalue weighted by Gasteiger charge is -2.13. The predicted molar refractivity (Wildman–Crippen MR) is 83.4 cm³/mol. The van der Waals surface area contributed by atoms with Gasteiger partial charge in [0.25, 0.3) is 5.69 Å². The van der Waals surface area contributed by atoms with Crippen molar-refractivity contribution >= 4 is 15.7 Å². The van der Waals surface area contributed by atoms with Crippen LogP contribution in [0.3, 0.4) is 0 Å². The van der Waals surface area contributed by atoms with Crippen molar-refractivity contribution in [2.75, 3.05) is 19.6 Å². The summed E-state index contributed by atoms with van der Waals surface area (Å²) in [4.78, 5) is 10.2. The van der Waals surface area contributed by atoms with E-state index in [1.54, 1.807) is 19.9 Å². The molecule has 1 unspecified atom stereocenters. The second kappa shape index (κ2) is 6.72. The minimum Gasteiger partial charge on any atom is -0.316 e. The average Bonchev–Trinajstić information content (AvgIpc) is 2.94. The number of hydrogen-bond acceptors (Lipinski definition) is 5. The Morgan fingerprint density at radius 1 is 1.41 bits per heavy atom. The summed E-state index contributed by atoms with van der Waals surface area (Å²) >= 11 is 0. The summed E-state index contributed by atoms with van der Waals surface area (Å²) in [6.45, 7) is 5.48. The van der Waals surface area contributed by atoms with Crippen molar-refractivity contribution in [2.24, 2.45) is 5.92 Å². The van der Waals surface area contributed by atoms with Gasteiger partial charge in [0.05, 0.1) is 4.92 Å². The maximum atomic E-state index is 12.5. The van der Waals surface area contributed by atoms with Crippen molar-refractivity contribution in [1.82, 2.24) is 10.0 Å². The zero-order chi connectivity index (χ0) is 16.3. The van der Waals surface area contributed by atoms with Crippen molar-refractivity contribution < 1.29 is 13.3 Å². The van der Waals surface area contributed by atoms with E-state index >= 15 is 0 Å². The van der Waals surface area contributed by atoms with Gasteiger partial charge >= 0.3 is 0 Å². The first-order chi connectivity index (χ1) is 10.3. The van der Waals surface area contributed by atoms with E-state index in [2.05, 4.69) is 10.0 Å². The average molecular weight is 327 g/mol. The number of benzene rings is 1. The maximum Gasteiger partial charge on any atom is 0.289 e. The van der Waals surface area contributed by atoms with Crippen LogP contribution >= 0.6 is 0 Å². The standard InChI is InChI=1S/C14H21N3O4S/c1-10-3-4-13(17(18)19)14(11(10)2)22(20,21)16-8-6-12-5-7-15-9-12/h3-4,12,15-16H,5-9H2,1-2H3. The first-order valence-corrected chi connectivity index (χ1v) is 8.76. The summed E-state index contributed by atoms with van der Waals surface area (Å²) in [5, 5.41) is 14.3. The molecule has 1 saturated heterocycles. The third kappa shape index (κ3) is 3.63. The Morgan fingerprint density at radius 2 is 2.14 bits per heavy atom. The van der Waals surface area contributed by atoms with Gasteiger partial charge in [-0.15, -0.1) is 0 Å². The zero-order valence-electron chi connectivity index (χ0n) is 12.8. The lowest BCUT2D eigenvalue weighted by molar-refractivity contribution is -0.387. The van der Waals surface area contributed by atoms with Crippen LogP contribution in [-0.2, 0) is 10.0 Å². The van der Waals surface area contributed by atoms with Crippen molar-refractivity contribution in [3.8, 4) is 0 Å². The first kappa shape index (κ1) is 16.9. The lowest BCUT2D eigenvalue weighted by atomic mass is 10.1. The van der Waals surface area contributed by atoms with Gasteiger partial charge in [-0.05, 0) is 56.8 Å². The molecule has 8 heteroatoms. The molecule has 0 aromatic heterocycles. The summed E-state index contributed by atoms with van der Waals surface area (Å²) < 4.78 is 27.5. The molecule has 122 valence electrons. The summed E-state index contributed by atoms with van der Waals surface area (Å²) in [7, 11) is -3.89. The highest BCUT2D eigenvalue weighted by Crippen LogP contribution is 2.29. The van der Waals surface area contributed by atoms with Gasteiger partial charge < -0.3 is 5.32 Å². The van der Waals surface area contributed by atoms with Gasteiger partial charge in [0, 0.05) is 12.6 Å². The maximum absolute atomic E-state index is 12.5. The molecule has 1 aliphatic rings. The minimum atomic E-state index is -3.89. The molecule has 0 saturated carbocycles. The van der Waals surface area contributed by atoms with Gasteiger partial charge in [0.1, 0.15) is 0 Å². The quantitative estimate of drug-likeness (QED) is 0.609. The molecule has 1 aromatic rings. The summed E-state index contributed by atoms with van der Waals surface area (Å²) in [5.41, 5.74) is 0.758. The van der Waals surface area contributed by atoms with Gasteiger partial charge in [-0.2, -0.15) is 0 Å². The molecule has 0 bridgehead atoms. The fourth-order valence-corrected chi connectivity index (χ4v) is 4.20. The van der Waals surface area contributed by atoms with E-state index in [1.807, 2.05) is 0 Å². The molecule has 0 amide bonds. The molecule has 1 fully saturated rings. The third-order valence-corrected chi connectivity index (χ3v) is 5.77. The smallest absolute Gasteiger partial charge is 0.289 e. The zero-order valence-corrected chi connectivity index (χ0v) is 13.6. The highest BCUT2D eigenvalue weighted by molar-refractivity contribution is 7.89. The van der Waals surface area contributed by atoms with Crippen LogP contribution in [0.4, 0.5) is 5.69 Å². The fraction of sp³-hybridized carbons (Fsp3) is 0.571. The molecule has 2 N–H and O–H groups in total. The summed E-state index contributed by atoms with van der Waals surface area (Å²) in [5.74, 6) is 0.455. The van der Waals surface area contributed by atoms with Crippen LogP contribution in [0.1, 0.15) is 24.0 Å². The molecule has 1 heterocycles. The van der Waals surface area contributed by atoms with Crippen molar-refractivity contribution in [3.05, 3.63) is 33.4 Å². The van der Waals surface area contributed by atoms with Gasteiger partial charge in [-0.25, -0.2) is 13.1 Å². The van der Waals surface area contributed by atoms with Crippen molar-refractivity contribution in [1.29, 1.82) is 0 Å². The number of nitrogens with one attached hydrogen (secondary N) is 2. The predicted octanol–water partition coefficient (Wildman–Crippen LogP) is 1.49. The van der Waals surface area contributed by atoms with Crippen molar-refractivity contribution in [3.63, 3.8) is 0 Å². The van der Waals surface area contributed by atoms with E-state index in [4.69, 9.17) is 0 Å². The highest BCUT2D eigenvalue weighted by atomic mass is 32.2. The van der Waals surface area contributed by atoms with Crippen LogP contribution in [0.25, 0.3) is 0 Å². The molecule has 0 spiro atoms. The minimum absolute atomic E-state index is 0.220. The van der Waals surface area contributed by atoms with Gasteiger partial charge in [0.15, 0.2) is 4.90 Å². The molecule has 0 aliphatic carbocycles. The van der Waals surface area contributed by atoms with E-state index in [0.717, 1.165) is 25.9 Å². The Balaban J connectivity index is 2.20. The fourth-order valence-electron chi connectivity index (χ4n) is 2.69. The molecule has 22 heavy (non-hydrogen) atoms. The van der Waals surface area contributed by atoms with Crippen LogP contribution in [0.15, 0.2) is 17.0 Å². The molecule has 1 aromatic carbocycles. The Kier molecular flexibility index (Phi) is 5.15. The SMILES string of the molecule is Cc1ccc([N+](=O)[O-])c(S(=O)(=O)NCCC2CCNC2)c1C. The second-order valence-electron chi connectivity index (χ2n) is 5.66. The van der Waals surface area contributed by atoms with E-state index in [9.17, 15) is 18.5 Å². The normalized spacial score (nSPS) is 18.5. The number of nitro benzene ring substituents is 1. The Bertz CT molecular complexity index is 667. The van der Waals surface area contributed by atoms with E-state index in [1.165, 1.54) is 6.07 Å². The Morgan fingerprint density at radius 3 is 2.73 bits per heavy atom. The van der Waals surface area contributed by atoms with E-state index < -0.39 is 14.9 Å². The molecular weight excluding hydrogens is 306 g/mol. The number of sulfonamides is 1. The number of aryl methyl sites for hydroxylation is 1. The Hall–Kier alpha value is -1.51. The van der Waals surface area contributed by atoms with Crippen LogP contribution < -0.4 is 10.0 Å². The number of hydrogen-bond donors (Lipinski definition) is 2. The molecule has 1 atom stereocenters. The molecular formula is C14H21N3O4S. The van der Waals surface area contributed by atoms with E-state index in [-0.39, 0.29) is 10.6 Å². The number of nitrogens with zero attached hydrogens (tertiary/aromatic N) is 1. The number of rotatable bonds is 6. The lowest BCUT2D eigenvalue weighted by Crippen LogP contribution is -2.28.